The van der Waals surface area contributed by atoms with E-state index in [0.717, 1.165) is 38.8 Å². The van der Waals surface area contributed by atoms with Crippen LogP contribution in [0.4, 0.5) is 4.79 Å². The van der Waals surface area contributed by atoms with Gasteiger partial charge < -0.3 is 5.32 Å². The average Bonchev–Trinajstić information content (AvgIpc) is 2.77. The molecule has 0 aromatic rings. The van der Waals surface area contributed by atoms with Crippen molar-refractivity contribution in [2.24, 2.45) is 0 Å². The highest BCUT2D eigenvalue weighted by molar-refractivity contribution is 5.96. The summed E-state index contributed by atoms with van der Waals surface area (Å²) in [5, 5.41) is 5.38. The lowest BCUT2D eigenvalue weighted by Crippen LogP contribution is -2.51. The molecule has 1 atom stereocenters. The highest BCUT2D eigenvalue weighted by atomic mass is 16.2. The summed E-state index contributed by atoms with van der Waals surface area (Å²) in [6, 6.07) is -0.303. The molecule has 0 bridgehead atoms. The summed E-state index contributed by atoms with van der Waals surface area (Å²) in [5.41, 5.74) is 0. The molecule has 5 heteroatoms. The molecule has 1 aliphatic carbocycles. The third-order valence-electron chi connectivity index (χ3n) is 4.49. The molecular formula is C15H27N3O2. The second kappa shape index (κ2) is 7.62. The van der Waals surface area contributed by atoms with Crippen LogP contribution in [0.3, 0.4) is 0 Å². The number of amides is 3. The van der Waals surface area contributed by atoms with Gasteiger partial charge in [-0.1, -0.05) is 25.7 Å². The molecule has 0 aromatic carbocycles. The first-order valence-corrected chi connectivity index (χ1v) is 8.02. The lowest BCUT2D eigenvalue weighted by molar-refractivity contribution is -0.124. The Kier molecular flexibility index (Phi) is 5.83. The van der Waals surface area contributed by atoms with Crippen LogP contribution in [-0.2, 0) is 4.79 Å². The zero-order valence-electron chi connectivity index (χ0n) is 12.5. The number of likely N-dealkylation sites (tertiary alicyclic amines) is 1. The van der Waals surface area contributed by atoms with Crippen LogP contribution < -0.4 is 10.6 Å². The Bertz CT molecular complexity index is 332. The largest absolute Gasteiger partial charge is 0.335 e. The van der Waals surface area contributed by atoms with Gasteiger partial charge in [0.25, 0.3) is 0 Å². The van der Waals surface area contributed by atoms with E-state index in [1.165, 1.54) is 25.7 Å². The van der Waals surface area contributed by atoms with E-state index in [1.54, 1.807) is 0 Å². The van der Waals surface area contributed by atoms with E-state index < -0.39 is 0 Å². The van der Waals surface area contributed by atoms with Crippen molar-refractivity contribution in [3.63, 3.8) is 0 Å². The lowest BCUT2D eigenvalue weighted by Gasteiger charge is -2.26. The molecular weight excluding hydrogens is 254 g/mol. The van der Waals surface area contributed by atoms with Gasteiger partial charge in [0, 0.05) is 6.04 Å². The number of nitrogens with zero attached hydrogens (tertiary/aromatic N) is 1. The standard InChI is InChI=1S/C15H27N3O2/c1-12(18-10-6-2-3-7-11-18)14(19)17-15(20)16-13-8-4-5-9-13/h12-13H,2-11H2,1H3,(H2,16,17,19,20)/t12-/m1/s1. The van der Waals surface area contributed by atoms with E-state index in [1.807, 2.05) is 6.92 Å². The summed E-state index contributed by atoms with van der Waals surface area (Å²) >= 11 is 0. The van der Waals surface area contributed by atoms with Crippen LogP contribution in [0.15, 0.2) is 0 Å². The molecule has 5 nitrogen and oxygen atoms in total. The summed E-state index contributed by atoms with van der Waals surface area (Å²) in [4.78, 5) is 26.1. The van der Waals surface area contributed by atoms with Crippen molar-refractivity contribution in [2.45, 2.75) is 70.4 Å². The van der Waals surface area contributed by atoms with E-state index in [9.17, 15) is 9.59 Å². The number of rotatable bonds is 3. The predicted octanol–water partition coefficient (Wildman–Crippen LogP) is 2.02. The number of urea groups is 1. The van der Waals surface area contributed by atoms with Crippen molar-refractivity contribution in [2.75, 3.05) is 13.1 Å². The molecule has 3 amide bonds. The predicted molar refractivity (Wildman–Crippen MR) is 78.4 cm³/mol. The molecule has 2 N–H and O–H groups in total. The third kappa shape index (κ3) is 4.47. The summed E-state index contributed by atoms with van der Waals surface area (Å²) in [6.07, 6.45) is 9.18. The molecule has 0 aromatic heterocycles. The molecule has 2 aliphatic rings. The van der Waals surface area contributed by atoms with Crippen LogP contribution in [0, 0.1) is 0 Å². The average molecular weight is 281 g/mol. The minimum atomic E-state index is -0.330. The van der Waals surface area contributed by atoms with Gasteiger partial charge in [-0.05, 0) is 45.7 Å². The normalized spacial score (nSPS) is 23.1. The first-order valence-electron chi connectivity index (χ1n) is 8.02. The fourth-order valence-electron chi connectivity index (χ4n) is 3.16. The van der Waals surface area contributed by atoms with E-state index in [4.69, 9.17) is 0 Å². The molecule has 20 heavy (non-hydrogen) atoms. The topological polar surface area (TPSA) is 61.4 Å². The van der Waals surface area contributed by atoms with Crippen molar-refractivity contribution < 1.29 is 9.59 Å². The summed E-state index contributed by atoms with van der Waals surface area (Å²) in [5.74, 6) is -0.178. The maximum atomic E-state index is 12.1. The first kappa shape index (κ1) is 15.3. The zero-order chi connectivity index (χ0) is 14.4. The quantitative estimate of drug-likeness (QED) is 0.832. The molecule has 1 saturated carbocycles. The van der Waals surface area contributed by atoms with Gasteiger partial charge in [-0.3, -0.25) is 15.0 Å². The minimum absolute atomic E-state index is 0.178. The second-order valence-corrected chi connectivity index (χ2v) is 6.07. The van der Waals surface area contributed by atoms with Crippen molar-refractivity contribution in [1.29, 1.82) is 0 Å². The maximum Gasteiger partial charge on any atom is 0.321 e. The summed E-state index contributed by atoms with van der Waals surface area (Å²) in [7, 11) is 0. The van der Waals surface area contributed by atoms with Gasteiger partial charge >= 0.3 is 6.03 Å². The number of imide groups is 1. The van der Waals surface area contributed by atoms with Crippen molar-refractivity contribution in [3.05, 3.63) is 0 Å². The van der Waals surface area contributed by atoms with Gasteiger partial charge in [-0.15, -0.1) is 0 Å². The fourth-order valence-corrected chi connectivity index (χ4v) is 3.16. The van der Waals surface area contributed by atoms with Gasteiger partial charge in [0.2, 0.25) is 5.91 Å². The van der Waals surface area contributed by atoms with Crippen LogP contribution in [-0.4, -0.2) is 42.0 Å². The third-order valence-corrected chi connectivity index (χ3v) is 4.49. The molecule has 0 unspecified atom stereocenters. The number of carbonyl (C=O) groups is 2. The Morgan fingerprint density at radius 3 is 2.20 bits per heavy atom. The SMILES string of the molecule is C[C@H](C(=O)NC(=O)NC1CCCC1)N1CCCCCC1. The van der Waals surface area contributed by atoms with Crippen molar-refractivity contribution in [3.8, 4) is 0 Å². The van der Waals surface area contributed by atoms with E-state index >= 15 is 0 Å². The summed E-state index contributed by atoms with van der Waals surface area (Å²) < 4.78 is 0. The van der Waals surface area contributed by atoms with Gasteiger partial charge in [0.05, 0.1) is 6.04 Å². The molecule has 0 spiro atoms. The van der Waals surface area contributed by atoms with Gasteiger partial charge in [0.15, 0.2) is 0 Å². The molecule has 1 saturated heterocycles. The number of hydrogen-bond acceptors (Lipinski definition) is 3. The van der Waals surface area contributed by atoms with Crippen molar-refractivity contribution in [1.82, 2.24) is 15.5 Å². The fraction of sp³-hybridized carbons (Fsp3) is 0.867. The number of nitrogens with one attached hydrogen (secondary N) is 2. The monoisotopic (exact) mass is 281 g/mol. The van der Waals surface area contributed by atoms with Crippen LogP contribution in [0.1, 0.15) is 58.3 Å². The molecule has 2 rings (SSSR count). The van der Waals surface area contributed by atoms with E-state index in [-0.39, 0.29) is 24.0 Å². The Morgan fingerprint density at radius 1 is 1.00 bits per heavy atom. The second-order valence-electron chi connectivity index (χ2n) is 6.07. The van der Waals surface area contributed by atoms with E-state index in [2.05, 4.69) is 15.5 Å². The number of carbonyl (C=O) groups excluding carboxylic acids is 2. The molecule has 0 radical (unpaired) electrons. The zero-order valence-corrected chi connectivity index (χ0v) is 12.5. The Balaban J connectivity index is 1.75. The van der Waals surface area contributed by atoms with Gasteiger partial charge in [0.1, 0.15) is 0 Å². The maximum absolute atomic E-state index is 12.1. The lowest BCUT2D eigenvalue weighted by atomic mass is 10.2. The van der Waals surface area contributed by atoms with Crippen LogP contribution >= 0.6 is 0 Å². The van der Waals surface area contributed by atoms with Crippen LogP contribution in [0.5, 0.6) is 0 Å². The highest BCUT2D eigenvalue weighted by Gasteiger charge is 2.24. The van der Waals surface area contributed by atoms with Gasteiger partial charge in [-0.25, -0.2) is 4.79 Å². The Hall–Kier alpha value is -1.10. The van der Waals surface area contributed by atoms with Crippen LogP contribution in [0.2, 0.25) is 0 Å². The smallest absolute Gasteiger partial charge is 0.321 e. The number of hydrogen-bond donors (Lipinski definition) is 2. The van der Waals surface area contributed by atoms with Crippen LogP contribution in [0.25, 0.3) is 0 Å². The minimum Gasteiger partial charge on any atom is -0.335 e. The van der Waals surface area contributed by atoms with Crippen molar-refractivity contribution >= 4 is 11.9 Å². The van der Waals surface area contributed by atoms with E-state index in [0.29, 0.717) is 0 Å². The molecule has 1 aliphatic heterocycles. The highest BCUT2D eigenvalue weighted by Crippen LogP contribution is 2.17. The molecule has 1 heterocycles. The Morgan fingerprint density at radius 2 is 1.60 bits per heavy atom. The Labute approximate surface area is 121 Å². The summed E-state index contributed by atoms with van der Waals surface area (Å²) in [6.45, 7) is 3.81. The first-order chi connectivity index (χ1) is 9.66. The molecule has 114 valence electrons. The van der Waals surface area contributed by atoms with Gasteiger partial charge in [-0.2, -0.15) is 0 Å². The molecule has 2 fully saturated rings.